The maximum Gasteiger partial charge on any atom is 0.122 e. The van der Waals surface area contributed by atoms with Gasteiger partial charge in [0.1, 0.15) is 5.75 Å². The molecule has 0 heterocycles. The molecule has 0 radical (unpaired) electrons. The monoisotopic (exact) mass is 294 g/mol. The molecule has 0 aromatic heterocycles. The second kappa shape index (κ2) is 7.78. The Hall–Kier alpha value is -1.10. The summed E-state index contributed by atoms with van der Waals surface area (Å²) >= 11 is 0. The van der Waals surface area contributed by atoms with Crippen LogP contribution in [-0.2, 0) is 6.42 Å². The summed E-state index contributed by atoms with van der Waals surface area (Å²) in [5.41, 5.74) is 6.01. The van der Waals surface area contributed by atoms with E-state index in [9.17, 15) is 5.11 Å². The van der Waals surface area contributed by atoms with Crippen molar-refractivity contribution in [2.24, 2.45) is 5.73 Å². The third-order valence-corrected chi connectivity index (χ3v) is 4.27. The fraction of sp³-hybridized carbons (Fsp3) is 0.647. The molecule has 3 unspecified atom stereocenters. The molecule has 1 aromatic carbocycles. The molecular weight excluding hydrogens is 264 g/mol. The molecule has 0 saturated carbocycles. The van der Waals surface area contributed by atoms with Crippen molar-refractivity contribution in [1.82, 2.24) is 4.90 Å². The number of rotatable bonds is 8. The second-order valence-corrected chi connectivity index (χ2v) is 6.28. The van der Waals surface area contributed by atoms with E-state index < -0.39 is 5.60 Å². The highest BCUT2D eigenvalue weighted by atomic mass is 16.5. The molecule has 1 aromatic rings. The molecule has 0 fully saturated rings. The van der Waals surface area contributed by atoms with Crippen molar-refractivity contribution in [3.8, 4) is 5.75 Å². The molecule has 21 heavy (non-hydrogen) atoms. The van der Waals surface area contributed by atoms with Gasteiger partial charge in [0, 0.05) is 18.6 Å². The van der Waals surface area contributed by atoms with Gasteiger partial charge in [-0.2, -0.15) is 0 Å². The van der Waals surface area contributed by atoms with Crippen LogP contribution in [-0.4, -0.2) is 48.4 Å². The van der Waals surface area contributed by atoms with Crippen LogP contribution in [0.1, 0.15) is 32.8 Å². The lowest BCUT2D eigenvalue weighted by atomic mass is 9.95. The fourth-order valence-electron chi connectivity index (χ4n) is 2.63. The summed E-state index contributed by atoms with van der Waals surface area (Å²) in [6.45, 7) is 6.40. The lowest BCUT2D eigenvalue weighted by Gasteiger charge is -2.35. The van der Waals surface area contributed by atoms with Crippen molar-refractivity contribution in [3.05, 3.63) is 29.8 Å². The molecule has 4 heteroatoms. The van der Waals surface area contributed by atoms with Crippen LogP contribution in [0.3, 0.4) is 0 Å². The van der Waals surface area contributed by atoms with E-state index in [-0.39, 0.29) is 12.6 Å². The van der Waals surface area contributed by atoms with Crippen LogP contribution in [0, 0.1) is 0 Å². The summed E-state index contributed by atoms with van der Waals surface area (Å²) < 4.78 is 5.41. The molecule has 3 N–H and O–H groups in total. The van der Waals surface area contributed by atoms with Gasteiger partial charge in [0.05, 0.1) is 12.7 Å². The molecular formula is C17H30N2O2. The van der Waals surface area contributed by atoms with Crippen LogP contribution in [0.5, 0.6) is 5.75 Å². The minimum absolute atomic E-state index is 0.258. The van der Waals surface area contributed by atoms with Gasteiger partial charge < -0.3 is 20.5 Å². The van der Waals surface area contributed by atoms with Gasteiger partial charge in [-0.15, -0.1) is 0 Å². The summed E-state index contributed by atoms with van der Waals surface area (Å²) in [6.07, 6.45) is 1.58. The number of hydrogen-bond acceptors (Lipinski definition) is 4. The zero-order chi connectivity index (χ0) is 16.0. The van der Waals surface area contributed by atoms with Gasteiger partial charge in [0.25, 0.3) is 0 Å². The molecule has 0 aliphatic carbocycles. The van der Waals surface area contributed by atoms with E-state index in [4.69, 9.17) is 10.5 Å². The third kappa shape index (κ3) is 5.30. The van der Waals surface area contributed by atoms with Gasteiger partial charge >= 0.3 is 0 Å². The predicted octanol–water partition coefficient (Wildman–Crippen LogP) is 2.05. The molecule has 4 nitrogen and oxygen atoms in total. The lowest BCUT2D eigenvalue weighted by molar-refractivity contribution is 0.0270. The Balaban J connectivity index is 2.68. The zero-order valence-corrected chi connectivity index (χ0v) is 14.0. The molecule has 120 valence electrons. The van der Waals surface area contributed by atoms with E-state index in [1.165, 1.54) is 5.56 Å². The predicted molar refractivity (Wildman–Crippen MR) is 87.7 cm³/mol. The number of nitrogens with two attached hydrogens (primary N) is 1. The fourth-order valence-corrected chi connectivity index (χ4v) is 2.63. The van der Waals surface area contributed by atoms with E-state index >= 15 is 0 Å². The Morgan fingerprint density at radius 1 is 1.29 bits per heavy atom. The average Bonchev–Trinajstić information content (AvgIpc) is 2.46. The molecule has 0 aliphatic heterocycles. The summed E-state index contributed by atoms with van der Waals surface area (Å²) in [4.78, 5) is 2.29. The molecule has 0 spiro atoms. The highest BCUT2D eigenvalue weighted by Gasteiger charge is 2.26. The van der Waals surface area contributed by atoms with E-state index in [0.29, 0.717) is 12.5 Å². The molecule has 0 saturated heterocycles. The molecule has 0 bridgehead atoms. The first kappa shape index (κ1) is 18.0. The number of methoxy groups -OCH3 is 1. The van der Waals surface area contributed by atoms with Crippen molar-refractivity contribution in [2.75, 3.05) is 20.7 Å². The van der Waals surface area contributed by atoms with Gasteiger partial charge in [-0.3, -0.25) is 0 Å². The zero-order valence-electron chi connectivity index (χ0n) is 14.0. The van der Waals surface area contributed by atoms with Crippen LogP contribution in [0.2, 0.25) is 0 Å². The van der Waals surface area contributed by atoms with Crippen molar-refractivity contribution in [3.63, 3.8) is 0 Å². The first-order valence-electron chi connectivity index (χ1n) is 7.57. The van der Waals surface area contributed by atoms with Gasteiger partial charge in [-0.1, -0.05) is 18.2 Å². The molecule has 0 amide bonds. The van der Waals surface area contributed by atoms with E-state index in [1.807, 2.05) is 18.2 Å². The normalized spacial score (nSPS) is 17.3. The number of aliphatic hydroxyl groups is 1. The minimum atomic E-state index is -0.808. The van der Waals surface area contributed by atoms with Gasteiger partial charge in [0.15, 0.2) is 0 Å². The number of hydrogen-bond donors (Lipinski definition) is 2. The largest absolute Gasteiger partial charge is 0.496 e. The van der Waals surface area contributed by atoms with Crippen LogP contribution in [0.15, 0.2) is 24.3 Å². The summed E-state index contributed by atoms with van der Waals surface area (Å²) in [5, 5.41) is 10.1. The molecule has 0 aliphatic rings. The van der Waals surface area contributed by atoms with Gasteiger partial charge in [0.2, 0.25) is 0 Å². The number of ether oxygens (including phenoxy) is 1. The van der Waals surface area contributed by atoms with Gasteiger partial charge in [-0.05, 0) is 52.3 Å². The number of nitrogens with zero attached hydrogens (tertiary/aromatic N) is 1. The Morgan fingerprint density at radius 2 is 1.90 bits per heavy atom. The standard InChI is InChI=1S/C17H30N2O2/c1-13(10-15-8-6-7-9-16(15)21-5)19(4)14(2)11-17(3,20)12-18/h6-9,13-14,20H,10-12,18H2,1-5H3. The SMILES string of the molecule is COc1ccccc1CC(C)N(C)C(C)CC(C)(O)CN. The first-order chi connectivity index (χ1) is 9.80. The topological polar surface area (TPSA) is 58.7 Å². The number of likely N-dealkylation sites (N-methyl/N-ethyl adjacent to an activating group) is 1. The van der Waals surface area contributed by atoms with Crippen LogP contribution < -0.4 is 10.5 Å². The molecule has 3 atom stereocenters. The third-order valence-electron chi connectivity index (χ3n) is 4.27. The van der Waals surface area contributed by atoms with Crippen molar-refractivity contribution >= 4 is 0 Å². The van der Waals surface area contributed by atoms with Crippen molar-refractivity contribution in [2.45, 2.75) is 51.3 Å². The summed E-state index contributed by atoms with van der Waals surface area (Å²) in [5.74, 6) is 0.930. The maximum atomic E-state index is 10.1. The number of para-hydroxylation sites is 1. The Morgan fingerprint density at radius 3 is 2.48 bits per heavy atom. The van der Waals surface area contributed by atoms with Gasteiger partial charge in [-0.25, -0.2) is 0 Å². The van der Waals surface area contributed by atoms with Crippen LogP contribution in [0.4, 0.5) is 0 Å². The Kier molecular flexibility index (Phi) is 6.65. The molecule has 1 rings (SSSR count). The highest BCUT2D eigenvalue weighted by Crippen LogP contribution is 2.22. The summed E-state index contributed by atoms with van der Waals surface area (Å²) in [6, 6.07) is 8.72. The van der Waals surface area contributed by atoms with E-state index in [0.717, 1.165) is 12.2 Å². The quantitative estimate of drug-likeness (QED) is 0.770. The van der Waals surface area contributed by atoms with Crippen molar-refractivity contribution < 1.29 is 9.84 Å². The summed E-state index contributed by atoms with van der Waals surface area (Å²) in [7, 11) is 3.80. The van der Waals surface area contributed by atoms with E-state index in [2.05, 4.69) is 31.9 Å². The smallest absolute Gasteiger partial charge is 0.122 e. The van der Waals surface area contributed by atoms with Crippen molar-refractivity contribution in [1.29, 1.82) is 0 Å². The maximum absolute atomic E-state index is 10.1. The minimum Gasteiger partial charge on any atom is -0.496 e. The Labute approximate surface area is 128 Å². The second-order valence-electron chi connectivity index (χ2n) is 6.28. The lowest BCUT2D eigenvalue weighted by Crippen LogP contribution is -2.45. The first-order valence-corrected chi connectivity index (χ1v) is 7.57. The average molecular weight is 294 g/mol. The van der Waals surface area contributed by atoms with Crippen LogP contribution in [0.25, 0.3) is 0 Å². The Bertz CT molecular complexity index is 435. The highest BCUT2D eigenvalue weighted by molar-refractivity contribution is 5.33. The number of benzene rings is 1. The van der Waals surface area contributed by atoms with Crippen LogP contribution >= 0.6 is 0 Å². The van der Waals surface area contributed by atoms with E-state index in [1.54, 1.807) is 14.0 Å².